The number of thiophene rings is 2. The van der Waals surface area contributed by atoms with E-state index >= 15 is 0 Å². The number of hydrogen-bond acceptors (Lipinski definition) is 7. The van der Waals surface area contributed by atoms with Crippen molar-refractivity contribution in [3.05, 3.63) is 42.6 Å². The standard InChI is InChI=1S/C19H21N3O4S2/c1-7-10(4)27-17-13(7)16(24)21-15(22-17)9(3)26-19(25)14-8(2)11(5)28-18(14)20-12(6)23/h9H,1-6H3,(H,20,23)(H,21,22,24)/t9-/m0/s1. The number of hydrogen-bond donors (Lipinski definition) is 2. The van der Waals surface area contributed by atoms with Crippen LogP contribution in [-0.4, -0.2) is 21.8 Å². The van der Waals surface area contributed by atoms with Gasteiger partial charge >= 0.3 is 5.97 Å². The van der Waals surface area contributed by atoms with Gasteiger partial charge in [-0.25, -0.2) is 9.78 Å². The molecule has 0 aliphatic carbocycles. The number of nitrogens with zero attached hydrogens (tertiary/aromatic N) is 1. The molecule has 0 fully saturated rings. The van der Waals surface area contributed by atoms with Crippen LogP contribution in [0.4, 0.5) is 5.00 Å². The topological polar surface area (TPSA) is 101 Å². The van der Waals surface area contributed by atoms with Crippen LogP contribution in [0.25, 0.3) is 10.2 Å². The lowest BCUT2D eigenvalue weighted by Gasteiger charge is -2.13. The third-order valence-electron chi connectivity index (χ3n) is 4.61. The molecule has 7 nitrogen and oxygen atoms in total. The van der Waals surface area contributed by atoms with Crippen molar-refractivity contribution < 1.29 is 14.3 Å². The maximum atomic E-state index is 12.8. The molecule has 3 heterocycles. The molecule has 0 unspecified atom stereocenters. The van der Waals surface area contributed by atoms with E-state index in [2.05, 4.69) is 15.3 Å². The minimum absolute atomic E-state index is 0.244. The Morgan fingerprint density at radius 2 is 1.75 bits per heavy atom. The Hall–Kier alpha value is -2.52. The Morgan fingerprint density at radius 3 is 2.39 bits per heavy atom. The highest BCUT2D eigenvalue weighted by molar-refractivity contribution is 7.18. The van der Waals surface area contributed by atoms with E-state index in [4.69, 9.17) is 4.74 Å². The molecule has 148 valence electrons. The molecule has 3 aromatic heterocycles. The molecule has 9 heteroatoms. The molecule has 28 heavy (non-hydrogen) atoms. The number of esters is 1. The van der Waals surface area contributed by atoms with E-state index in [-0.39, 0.29) is 17.3 Å². The van der Waals surface area contributed by atoms with Gasteiger partial charge in [-0.3, -0.25) is 9.59 Å². The summed E-state index contributed by atoms with van der Waals surface area (Å²) in [5, 5.41) is 3.71. The number of amides is 1. The number of carbonyl (C=O) groups excluding carboxylic acids is 2. The van der Waals surface area contributed by atoms with E-state index in [9.17, 15) is 14.4 Å². The molecule has 3 rings (SSSR count). The Kier molecular flexibility index (Phi) is 5.40. The molecule has 0 aliphatic rings. The van der Waals surface area contributed by atoms with Gasteiger partial charge in [0.05, 0.1) is 10.9 Å². The van der Waals surface area contributed by atoms with Gasteiger partial charge < -0.3 is 15.0 Å². The average Bonchev–Trinajstić information content (AvgIpc) is 3.03. The van der Waals surface area contributed by atoms with Gasteiger partial charge in [0, 0.05) is 16.7 Å². The van der Waals surface area contributed by atoms with Crippen molar-refractivity contribution in [2.75, 3.05) is 5.32 Å². The fraction of sp³-hybridized carbons (Fsp3) is 0.368. The van der Waals surface area contributed by atoms with E-state index in [1.165, 1.54) is 29.6 Å². The molecule has 1 amide bonds. The van der Waals surface area contributed by atoms with Crippen molar-refractivity contribution >= 4 is 49.8 Å². The van der Waals surface area contributed by atoms with E-state index < -0.39 is 12.1 Å². The fourth-order valence-corrected chi connectivity index (χ4v) is 4.99. The van der Waals surface area contributed by atoms with Crippen LogP contribution in [0.2, 0.25) is 0 Å². The first-order valence-electron chi connectivity index (χ1n) is 8.68. The van der Waals surface area contributed by atoms with Gasteiger partial charge in [-0.05, 0) is 45.7 Å². The van der Waals surface area contributed by atoms with Crippen LogP contribution in [-0.2, 0) is 9.53 Å². The first-order chi connectivity index (χ1) is 13.1. The number of aromatic nitrogens is 2. The minimum Gasteiger partial charge on any atom is -0.451 e. The van der Waals surface area contributed by atoms with Crippen LogP contribution in [0.3, 0.4) is 0 Å². The van der Waals surface area contributed by atoms with Gasteiger partial charge in [0.15, 0.2) is 11.9 Å². The van der Waals surface area contributed by atoms with Crippen LogP contribution in [0.1, 0.15) is 57.0 Å². The smallest absolute Gasteiger partial charge is 0.342 e. The summed E-state index contributed by atoms with van der Waals surface area (Å²) in [4.78, 5) is 46.5. The average molecular weight is 420 g/mol. The van der Waals surface area contributed by atoms with E-state index in [1.807, 2.05) is 27.7 Å². The zero-order valence-corrected chi connectivity index (χ0v) is 18.1. The van der Waals surface area contributed by atoms with Gasteiger partial charge in [-0.1, -0.05) is 0 Å². The first-order valence-corrected chi connectivity index (χ1v) is 10.3. The molecule has 0 aliphatic heterocycles. The number of aryl methyl sites for hydroxylation is 3. The van der Waals surface area contributed by atoms with Crippen LogP contribution in [0.5, 0.6) is 0 Å². The monoisotopic (exact) mass is 419 g/mol. The van der Waals surface area contributed by atoms with Crippen molar-refractivity contribution in [3.8, 4) is 0 Å². The molecule has 3 aromatic rings. The summed E-state index contributed by atoms with van der Waals surface area (Å²) in [6, 6.07) is 0. The predicted octanol–water partition coefficient (Wildman–Crippen LogP) is 4.16. The maximum absolute atomic E-state index is 12.8. The summed E-state index contributed by atoms with van der Waals surface area (Å²) in [6.45, 7) is 10.6. The van der Waals surface area contributed by atoms with Crippen molar-refractivity contribution in [1.29, 1.82) is 0 Å². The van der Waals surface area contributed by atoms with E-state index in [0.29, 0.717) is 20.8 Å². The lowest BCUT2D eigenvalue weighted by Crippen LogP contribution is -2.18. The Labute approximate surface area is 169 Å². The van der Waals surface area contributed by atoms with Crippen LogP contribution >= 0.6 is 22.7 Å². The highest BCUT2D eigenvalue weighted by Gasteiger charge is 2.25. The Balaban J connectivity index is 1.92. The summed E-state index contributed by atoms with van der Waals surface area (Å²) in [5.74, 6) is -0.541. The van der Waals surface area contributed by atoms with Gasteiger partial charge in [0.25, 0.3) is 5.56 Å². The van der Waals surface area contributed by atoms with Crippen LogP contribution in [0.15, 0.2) is 4.79 Å². The normalized spacial score (nSPS) is 12.2. The van der Waals surface area contributed by atoms with Crippen molar-refractivity contribution in [1.82, 2.24) is 9.97 Å². The fourth-order valence-electron chi connectivity index (χ4n) is 2.86. The van der Waals surface area contributed by atoms with Gasteiger partial charge in [-0.2, -0.15) is 0 Å². The van der Waals surface area contributed by atoms with E-state index in [0.717, 1.165) is 20.9 Å². The highest BCUT2D eigenvalue weighted by Crippen LogP contribution is 2.34. The summed E-state index contributed by atoms with van der Waals surface area (Å²) in [7, 11) is 0. The molecule has 1 atom stereocenters. The number of carbonyl (C=O) groups is 2. The third kappa shape index (κ3) is 3.59. The molecule has 2 N–H and O–H groups in total. The zero-order chi connectivity index (χ0) is 20.7. The van der Waals surface area contributed by atoms with Crippen LogP contribution in [0, 0.1) is 27.7 Å². The summed E-state index contributed by atoms with van der Waals surface area (Å²) < 4.78 is 5.57. The number of fused-ring (bicyclic) bond motifs is 1. The number of nitrogens with one attached hydrogen (secondary N) is 2. The lowest BCUT2D eigenvalue weighted by atomic mass is 10.1. The zero-order valence-electron chi connectivity index (χ0n) is 16.5. The summed E-state index contributed by atoms with van der Waals surface area (Å²) in [5.41, 5.74) is 1.75. The Morgan fingerprint density at radius 1 is 1.11 bits per heavy atom. The predicted molar refractivity (Wildman–Crippen MR) is 112 cm³/mol. The number of rotatable bonds is 4. The molecule has 0 saturated carbocycles. The largest absolute Gasteiger partial charge is 0.451 e. The van der Waals surface area contributed by atoms with Gasteiger partial charge in [0.1, 0.15) is 9.83 Å². The molecule has 0 bridgehead atoms. The van der Waals surface area contributed by atoms with Gasteiger partial charge in [0.2, 0.25) is 5.91 Å². The van der Waals surface area contributed by atoms with E-state index in [1.54, 1.807) is 6.92 Å². The number of H-pyrrole nitrogens is 1. The van der Waals surface area contributed by atoms with Crippen molar-refractivity contribution in [2.24, 2.45) is 0 Å². The quantitative estimate of drug-likeness (QED) is 0.619. The van der Waals surface area contributed by atoms with Gasteiger partial charge in [-0.15, -0.1) is 22.7 Å². The highest BCUT2D eigenvalue weighted by atomic mass is 32.1. The number of aromatic amines is 1. The second kappa shape index (κ2) is 7.48. The first kappa shape index (κ1) is 20.2. The lowest BCUT2D eigenvalue weighted by molar-refractivity contribution is -0.114. The summed E-state index contributed by atoms with van der Waals surface area (Å²) in [6.07, 6.45) is -0.753. The maximum Gasteiger partial charge on any atom is 0.342 e. The molecule has 0 spiro atoms. The number of anilines is 1. The van der Waals surface area contributed by atoms with Crippen molar-refractivity contribution in [2.45, 2.75) is 47.6 Å². The third-order valence-corrected chi connectivity index (χ3v) is 6.83. The van der Waals surface area contributed by atoms with Crippen LogP contribution < -0.4 is 10.9 Å². The molecule has 0 saturated heterocycles. The molecular formula is C19H21N3O4S2. The number of ether oxygens (including phenoxy) is 1. The second-order valence-electron chi connectivity index (χ2n) is 6.63. The molecule has 0 radical (unpaired) electrons. The molecular weight excluding hydrogens is 398 g/mol. The SMILES string of the molecule is CC(=O)Nc1sc(C)c(C)c1C(=O)O[C@@H](C)c1nc2sc(C)c(C)c2c(=O)[nH]1. The summed E-state index contributed by atoms with van der Waals surface area (Å²) >= 11 is 2.76. The second-order valence-corrected chi connectivity index (χ2v) is 9.06. The Bertz CT molecular complexity index is 1160. The minimum atomic E-state index is -0.753. The van der Waals surface area contributed by atoms with Crippen molar-refractivity contribution in [3.63, 3.8) is 0 Å². The molecule has 0 aromatic carbocycles.